The molecule has 0 aliphatic carbocycles. The number of nitriles is 1. The van der Waals surface area contributed by atoms with Crippen molar-refractivity contribution in [1.29, 1.82) is 5.26 Å². The molecule has 0 aliphatic rings. The Balaban J connectivity index is 2.94. The SMILES string of the molecule is CCCNCc1cc(Cl)cc(Cl)c1OC(C)C#N. The molecule has 1 atom stereocenters. The van der Waals surface area contributed by atoms with Crippen molar-refractivity contribution in [2.75, 3.05) is 6.54 Å². The minimum atomic E-state index is -0.548. The van der Waals surface area contributed by atoms with Crippen LogP contribution in [0.25, 0.3) is 0 Å². The second-order valence-corrected chi connectivity index (χ2v) is 4.79. The predicted molar refractivity (Wildman–Crippen MR) is 74.2 cm³/mol. The summed E-state index contributed by atoms with van der Waals surface area (Å²) in [5.74, 6) is 0.527. The van der Waals surface area contributed by atoms with E-state index in [1.54, 1.807) is 19.1 Å². The first-order valence-electron chi connectivity index (χ1n) is 5.83. The van der Waals surface area contributed by atoms with Crippen LogP contribution >= 0.6 is 23.2 Å². The lowest BCUT2D eigenvalue weighted by Crippen LogP contribution is -2.16. The Morgan fingerprint density at radius 1 is 1.44 bits per heavy atom. The Labute approximate surface area is 118 Å². The van der Waals surface area contributed by atoms with Crippen LogP contribution in [0, 0.1) is 11.3 Å². The van der Waals surface area contributed by atoms with Crippen LogP contribution in [0.5, 0.6) is 5.75 Å². The third-order valence-corrected chi connectivity index (χ3v) is 2.80. The summed E-state index contributed by atoms with van der Waals surface area (Å²) >= 11 is 12.1. The molecule has 0 amide bonds. The molecular weight excluding hydrogens is 271 g/mol. The van der Waals surface area contributed by atoms with Crippen LogP contribution in [0.2, 0.25) is 10.0 Å². The Kier molecular flexibility index (Phi) is 6.28. The van der Waals surface area contributed by atoms with Crippen LogP contribution < -0.4 is 10.1 Å². The maximum absolute atomic E-state index is 8.79. The van der Waals surface area contributed by atoms with E-state index in [9.17, 15) is 0 Å². The molecule has 1 aromatic carbocycles. The second kappa shape index (κ2) is 7.48. The van der Waals surface area contributed by atoms with Crippen molar-refractivity contribution in [1.82, 2.24) is 5.32 Å². The van der Waals surface area contributed by atoms with Gasteiger partial charge in [-0.1, -0.05) is 30.1 Å². The summed E-state index contributed by atoms with van der Waals surface area (Å²) in [4.78, 5) is 0. The fraction of sp³-hybridized carbons (Fsp3) is 0.462. The van der Waals surface area contributed by atoms with Crippen LogP contribution in [0.1, 0.15) is 25.8 Å². The summed E-state index contributed by atoms with van der Waals surface area (Å²) in [7, 11) is 0. The lowest BCUT2D eigenvalue weighted by Gasteiger charge is -2.15. The van der Waals surface area contributed by atoms with Crippen LogP contribution in [0.4, 0.5) is 0 Å². The molecule has 0 fully saturated rings. The molecule has 0 saturated carbocycles. The van der Waals surface area contributed by atoms with E-state index in [0.717, 1.165) is 18.5 Å². The monoisotopic (exact) mass is 286 g/mol. The number of ether oxygens (including phenoxy) is 1. The molecule has 1 N–H and O–H groups in total. The Bertz CT molecular complexity index is 443. The summed E-state index contributed by atoms with van der Waals surface area (Å²) in [6.45, 7) is 5.28. The van der Waals surface area contributed by atoms with E-state index in [2.05, 4.69) is 12.2 Å². The molecule has 0 aliphatic heterocycles. The summed E-state index contributed by atoms with van der Waals surface area (Å²) in [6, 6.07) is 5.43. The highest BCUT2D eigenvalue weighted by Gasteiger charge is 2.13. The highest BCUT2D eigenvalue weighted by molar-refractivity contribution is 6.35. The van der Waals surface area contributed by atoms with Crippen molar-refractivity contribution < 1.29 is 4.74 Å². The van der Waals surface area contributed by atoms with Gasteiger partial charge in [0.05, 0.1) is 5.02 Å². The normalized spacial score (nSPS) is 11.9. The number of hydrogen-bond acceptors (Lipinski definition) is 3. The van der Waals surface area contributed by atoms with Gasteiger partial charge in [0.15, 0.2) is 6.10 Å². The maximum atomic E-state index is 8.79. The van der Waals surface area contributed by atoms with Gasteiger partial charge in [0, 0.05) is 17.1 Å². The van der Waals surface area contributed by atoms with Crippen molar-refractivity contribution in [3.05, 3.63) is 27.7 Å². The lowest BCUT2D eigenvalue weighted by molar-refractivity contribution is 0.273. The second-order valence-electron chi connectivity index (χ2n) is 3.94. The summed E-state index contributed by atoms with van der Waals surface area (Å²) in [5, 5.41) is 13.0. The van der Waals surface area contributed by atoms with Gasteiger partial charge in [-0.25, -0.2) is 0 Å². The third-order valence-electron chi connectivity index (χ3n) is 2.30. The van der Waals surface area contributed by atoms with Gasteiger partial charge in [-0.05, 0) is 32.0 Å². The van der Waals surface area contributed by atoms with Crippen molar-refractivity contribution in [3.63, 3.8) is 0 Å². The minimum absolute atomic E-state index is 0.429. The minimum Gasteiger partial charge on any atom is -0.474 e. The molecular formula is C13H16Cl2N2O. The van der Waals surface area contributed by atoms with E-state index in [0.29, 0.717) is 22.3 Å². The third kappa shape index (κ3) is 4.38. The topological polar surface area (TPSA) is 45.0 Å². The van der Waals surface area contributed by atoms with Gasteiger partial charge >= 0.3 is 0 Å². The summed E-state index contributed by atoms with van der Waals surface area (Å²) < 4.78 is 5.52. The molecule has 0 spiro atoms. The summed E-state index contributed by atoms with van der Waals surface area (Å²) in [5.41, 5.74) is 0.864. The van der Waals surface area contributed by atoms with E-state index in [-0.39, 0.29) is 0 Å². The number of nitrogens with one attached hydrogen (secondary N) is 1. The number of halogens is 2. The predicted octanol–water partition coefficient (Wildman–Crippen LogP) is 3.78. The lowest BCUT2D eigenvalue weighted by atomic mass is 10.2. The first kappa shape index (κ1) is 15.1. The fourth-order valence-corrected chi connectivity index (χ4v) is 2.06. The number of nitrogens with zero attached hydrogens (tertiary/aromatic N) is 1. The van der Waals surface area contributed by atoms with E-state index >= 15 is 0 Å². The van der Waals surface area contributed by atoms with E-state index in [1.165, 1.54) is 0 Å². The fourth-order valence-electron chi connectivity index (χ4n) is 1.48. The zero-order valence-corrected chi connectivity index (χ0v) is 12.0. The van der Waals surface area contributed by atoms with Crippen molar-refractivity contribution >= 4 is 23.2 Å². The highest BCUT2D eigenvalue weighted by Crippen LogP contribution is 2.33. The van der Waals surface area contributed by atoms with Gasteiger partial charge in [0.2, 0.25) is 0 Å². The first-order valence-corrected chi connectivity index (χ1v) is 6.59. The zero-order chi connectivity index (χ0) is 13.5. The highest BCUT2D eigenvalue weighted by atomic mass is 35.5. The number of rotatable bonds is 6. The molecule has 0 aromatic heterocycles. The van der Waals surface area contributed by atoms with Gasteiger partial charge in [-0.15, -0.1) is 0 Å². The van der Waals surface area contributed by atoms with Gasteiger partial charge in [0.25, 0.3) is 0 Å². The molecule has 1 unspecified atom stereocenters. The Hall–Kier alpha value is -0.950. The van der Waals surface area contributed by atoms with Gasteiger partial charge in [-0.2, -0.15) is 5.26 Å². The van der Waals surface area contributed by atoms with Crippen molar-refractivity contribution in [2.24, 2.45) is 0 Å². The standard InChI is InChI=1S/C13H16Cl2N2O/c1-3-4-17-8-10-5-11(14)6-12(15)13(10)18-9(2)7-16/h5-6,9,17H,3-4,8H2,1-2H3. The molecule has 0 saturated heterocycles. The van der Waals surface area contributed by atoms with Crippen LogP contribution in [0.3, 0.4) is 0 Å². The number of hydrogen-bond donors (Lipinski definition) is 1. The molecule has 0 heterocycles. The van der Waals surface area contributed by atoms with Gasteiger partial charge in [-0.3, -0.25) is 0 Å². The smallest absolute Gasteiger partial charge is 0.181 e. The van der Waals surface area contributed by atoms with Crippen LogP contribution in [-0.2, 0) is 6.54 Å². The molecule has 1 rings (SSSR count). The Morgan fingerprint density at radius 2 is 2.17 bits per heavy atom. The number of benzene rings is 1. The molecule has 0 bridgehead atoms. The van der Waals surface area contributed by atoms with Crippen molar-refractivity contribution in [2.45, 2.75) is 32.9 Å². The molecule has 18 heavy (non-hydrogen) atoms. The van der Waals surface area contributed by atoms with E-state index in [1.807, 2.05) is 6.07 Å². The van der Waals surface area contributed by atoms with E-state index in [4.69, 9.17) is 33.2 Å². The van der Waals surface area contributed by atoms with Crippen LogP contribution in [-0.4, -0.2) is 12.6 Å². The maximum Gasteiger partial charge on any atom is 0.181 e. The van der Waals surface area contributed by atoms with Gasteiger partial charge in [0.1, 0.15) is 11.8 Å². The largest absolute Gasteiger partial charge is 0.474 e. The molecule has 0 radical (unpaired) electrons. The molecule has 1 aromatic rings. The van der Waals surface area contributed by atoms with Crippen LogP contribution in [0.15, 0.2) is 12.1 Å². The Morgan fingerprint density at radius 3 is 2.78 bits per heavy atom. The molecule has 5 heteroatoms. The average Bonchev–Trinajstić information content (AvgIpc) is 2.33. The quantitative estimate of drug-likeness (QED) is 0.810. The van der Waals surface area contributed by atoms with Crippen molar-refractivity contribution in [3.8, 4) is 11.8 Å². The summed E-state index contributed by atoms with van der Waals surface area (Å²) in [6.07, 6.45) is 0.493. The molecule has 98 valence electrons. The average molecular weight is 287 g/mol. The first-order chi connectivity index (χ1) is 8.58. The molecule has 3 nitrogen and oxygen atoms in total. The zero-order valence-electron chi connectivity index (χ0n) is 10.5. The van der Waals surface area contributed by atoms with Gasteiger partial charge < -0.3 is 10.1 Å². The van der Waals surface area contributed by atoms with E-state index < -0.39 is 6.10 Å².